The molecule has 0 aliphatic heterocycles. The van der Waals surface area contributed by atoms with Crippen LogP contribution in [0.4, 0.5) is 17.1 Å². The molecule has 0 atom stereocenters. The summed E-state index contributed by atoms with van der Waals surface area (Å²) < 4.78 is 0. The van der Waals surface area contributed by atoms with E-state index in [9.17, 15) is 0 Å². The Labute approximate surface area is 297 Å². The zero-order chi connectivity index (χ0) is 34.7. The third kappa shape index (κ3) is 8.27. The lowest BCUT2D eigenvalue weighted by molar-refractivity contribution is 1.30. The van der Waals surface area contributed by atoms with Crippen LogP contribution >= 0.6 is 0 Å². The third-order valence-corrected chi connectivity index (χ3v) is 8.85. The number of hydrogen-bond donors (Lipinski definition) is 0. The van der Waals surface area contributed by atoms with E-state index in [-0.39, 0.29) is 0 Å². The fourth-order valence-electron chi connectivity index (χ4n) is 6.06. The molecular weight excluding hydrogens is 603 g/mol. The predicted octanol–water partition coefficient (Wildman–Crippen LogP) is 14.1. The van der Waals surface area contributed by atoms with E-state index in [0.29, 0.717) is 0 Å². The molecule has 1 nitrogen and oxygen atoms in total. The number of benzene rings is 8. The molecule has 0 bridgehead atoms. The van der Waals surface area contributed by atoms with Crippen LogP contribution in [0.5, 0.6) is 0 Å². The van der Waals surface area contributed by atoms with Gasteiger partial charge in [-0.25, -0.2) is 0 Å². The van der Waals surface area contributed by atoms with Crippen LogP contribution in [0.1, 0.15) is 22.3 Å². The number of rotatable bonds is 5. The van der Waals surface area contributed by atoms with Gasteiger partial charge in [-0.05, 0) is 89.5 Å². The van der Waals surface area contributed by atoms with Crippen molar-refractivity contribution in [2.45, 2.75) is 20.8 Å². The van der Waals surface area contributed by atoms with Gasteiger partial charge in [0.2, 0.25) is 0 Å². The minimum absolute atomic E-state index is 1.11. The fourth-order valence-corrected chi connectivity index (χ4v) is 6.06. The molecule has 8 aromatic rings. The summed E-state index contributed by atoms with van der Waals surface area (Å²) in [7, 11) is 0. The second kappa shape index (κ2) is 16.3. The molecule has 0 radical (unpaired) electrons. The molecule has 0 unspecified atom stereocenters. The summed E-state index contributed by atoms with van der Waals surface area (Å²) in [5.41, 5.74) is 10.9. The smallest absolute Gasteiger partial charge is 0.0540 e. The standard InChI is InChI=1S/C31H25N.C11H10.C7H8/c1-3-24-13-19-28(20-14-24)32(31-10-6-8-27-7-4-5-9-30(27)31)29-21-17-26(18-22-29)25-15-11-23(2)12-16-25;1-9-5-4-7-10-6-2-3-8-11(9)10;1-7-5-3-2-4-6-7/h3-22H,1H2,2H3;2-8H,1H3;2-6H,1H3. The van der Waals surface area contributed by atoms with E-state index in [0.717, 1.165) is 22.6 Å². The average Bonchev–Trinajstić information content (AvgIpc) is 3.17. The van der Waals surface area contributed by atoms with Crippen LogP contribution in [0.15, 0.2) is 195 Å². The molecule has 0 N–H and O–H groups in total. The highest BCUT2D eigenvalue weighted by molar-refractivity contribution is 5.99. The zero-order valence-corrected chi connectivity index (χ0v) is 29.1. The highest BCUT2D eigenvalue weighted by Crippen LogP contribution is 2.39. The second-order valence-electron chi connectivity index (χ2n) is 12.5. The van der Waals surface area contributed by atoms with Crippen LogP contribution in [0.3, 0.4) is 0 Å². The Morgan fingerprint density at radius 3 is 1.42 bits per heavy atom. The summed E-state index contributed by atoms with van der Waals surface area (Å²) in [4.78, 5) is 2.33. The van der Waals surface area contributed by atoms with Crippen molar-refractivity contribution < 1.29 is 0 Å². The van der Waals surface area contributed by atoms with Gasteiger partial charge in [-0.15, -0.1) is 0 Å². The van der Waals surface area contributed by atoms with E-state index in [1.54, 1.807) is 0 Å². The van der Waals surface area contributed by atoms with Gasteiger partial charge in [-0.3, -0.25) is 0 Å². The van der Waals surface area contributed by atoms with E-state index in [2.05, 4.69) is 202 Å². The lowest BCUT2D eigenvalue weighted by Gasteiger charge is -2.27. The van der Waals surface area contributed by atoms with Gasteiger partial charge in [0.25, 0.3) is 0 Å². The van der Waals surface area contributed by atoms with Crippen molar-refractivity contribution in [3.63, 3.8) is 0 Å². The zero-order valence-electron chi connectivity index (χ0n) is 29.1. The van der Waals surface area contributed by atoms with Gasteiger partial charge >= 0.3 is 0 Å². The van der Waals surface area contributed by atoms with Gasteiger partial charge in [-0.1, -0.05) is 182 Å². The molecule has 8 rings (SSSR count). The molecule has 0 heterocycles. The maximum Gasteiger partial charge on any atom is 0.0540 e. The molecule has 50 heavy (non-hydrogen) atoms. The summed E-state index contributed by atoms with van der Waals surface area (Å²) in [6.45, 7) is 10.2. The minimum Gasteiger partial charge on any atom is -0.310 e. The van der Waals surface area contributed by atoms with Crippen LogP contribution in [-0.2, 0) is 0 Å². The first-order chi connectivity index (χ1) is 24.5. The molecule has 0 saturated carbocycles. The van der Waals surface area contributed by atoms with E-state index in [1.165, 1.54) is 49.4 Å². The van der Waals surface area contributed by atoms with Gasteiger partial charge in [0.05, 0.1) is 5.69 Å². The summed E-state index contributed by atoms with van der Waals surface area (Å²) in [6, 6.07) is 66.2. The number of anilines is 3. The van der Waals surface area contributed by atoms with Crippen LogP contribution < -0.4 is 4.90 Å². The molecule has 0 fully saturated rings. The average molecular weight is 646 g/mol. The Balaban J connectivity index is 0.000000194. The van der Waals surface area contributed by atoms with Crippen LogP contribution in [0.25, 0.3) is 38.7 Å². The molecular formula is C49H43N. The molecule has 8 aromatic carbocycles. The van der Waals surface area contributed by atoms with Crippen molar-refractivity contribution in [3.8, 4) is 11.1 Å². The molecule has 0 saturated heterocycles. The van der Waals surface area contributed by atoms with Crippen molar-refractivity contribution in [2.75, 3.05) is 4.90 Å². The molecule has 0 aliphatic rings. The first-order valence-electron chi connectivity index (χ1n) is 17.1. The van der Waals surface area contributed by atoms with Crippen LogP contribution in [0.2, 0.25) is 0 Å². The van der Waals surface area contributed by atoms with Gasteiger partial charge < -0.3 is 4.90 Å². The van der Waals surface area contributed by atoms with Crippen LogP contribution in [-0.4, -0.2) is 0 Å². The molecule has 0 amide bonds. The molecule has 1 heteroatoms. The van der Waals surface area contributed by atoms with Gasteiger partial charge in [-0.2, -0.15) is 0 Å². The normalized spacial score (nSPS) is 10.4. The number of hydrogen-bond acceptors (Lipinski definition) is 1. The van der Waals surface area contributed by atoms with E-state index in [1.807, 2.05) is 24.3 Å². The highest BCUT2D eigenvalue weighted by Gasteiger charge is 2.15. The quantitative estimate of drug-likeness (QED) is 0.180. The van der Waals surface area contributed by atoms with Gasteiger partial charge in [0.1, 0.15) is 0 Å². The van der Waals surface area contributed by atoms with Gasteiger partial charge in [0.15, 0.2) is 0 Å². The van der Waals surface area contributed by atoms with Gasteiger partial charge in [0, 0.05) is 16.8 Å². The van der Waals surface area contributed by atoms with E-state index < -0.39 is 0 Å². The fraction of sp³-hybridized carbons (Fsp3) is 0.0612. The third-order valence-electron chi connectivity index (χ3n) is 8.85. The van der Waals surface area contributed by atoms with Crippen molar-refractivity contribution in [2.24, 2.45) is 0 Å². The Bertz CT molecular complexity index is 2270. The lowest BCUT2D eigenvalue weighted by Crippen LogP contribution is -2.10. The monoisotopic (exact) mass is 645 g/mol. The minimum atomic E-state index is 1.11. The molecule has 0 aliphatic carbocycles. The molecule has 0 spiro atoms. The number of aryl methyl sites for hydroxylation is 3. The summed E-state index contributed by atoms with van der Waals surface area (Å²) >= 11 is 0. The molecule has 0 aromatic heterocycles. The molecule has 244 valence electrons. The second-order valence-corrected chi connectivity index (χ2v) is 12.5. The number of fused-ring (bicyclic) bond motifs is 2. The van der Waals surface area contributed by atoms with Crippen molar-refractivity contribution in [3.05, 3.63) is 217 Å². The van der Waals surface area contributed by atoms with E-state index in [4.69, 9.17) is 0 Å². The first kappa shape index (κ1) is 33.7. The van der Waals surface area contributed by atoms with E-state index >= 15 is 0 Å². The Morgan fingerprint density at radius 1 is 0.400 bits per heavy atom. The summed E-state index contributed by atoms with van der Waals surface area (Å²) in [5, 5.41) is 5.14. The Hall–Kier alpha value is -6.18. The summed E-state index contributed by atoms with van der Waals surface area (Å²) in [5.74, 6) is 0. The van der Waals surface area contributed by atoms with Crippen molar-refractivity contribution in [1.82, 2.24) is 0 Å². The number of nitrogens with zero attached hydrogens (tertiary/aromatic N) is 1. The summed E-state index contributed by atoms with van der Waals surface area (Å²) in [6.07, 6.45) is 1.88. The van der Waals surface area contributed by atoms with Crippen molar-refractivity contribution in [1.29, 1.82) is 0 Å². The first-order valence-corrected chi connectivity index (χ1v) is 17.1. The maximum atomic E-state index is 3.89. The Kier molecular flexibility index (Phi) is 11.0. The lowest BCUT2D eigenvalue weighted by atomic mass is 10.0. The predicted molar refractivity (Wildman–Crippen MR) is 219 cm³/mol. The van der Waals surface area contributed by atoms with Crippen LogP contribution in [0, 0.1) is 20.8 Å². The SMILES string of the molecule is C=Cc1ccc(N(c2ccc(-c3ccc(C)cc3)cc2)c2cccc3ccccc23)cc1.Cc1cccc2ccccc12.Cc1ccccc1. The Morgan fingerprint density at radius 2 is 0.860 bits per heavy atom. The topological polar surface area (TPSA) is 3.24 Å². The highest BCUT2D eigenvalue weighted by atomic mass is 15.1. The largest absolute Gasteiger partial charge is 0.310 e. The maximum absolute atomic E-state index is 3.89. The van der Waals surface area contributed by atoms with Crippen molar-refractivity contribution >= 4 is 44.7 Å².